The first-order chi connectivity index (χ1) is 11.0. The van der Waals surface area contributed by atoms with E-state index in [0.29, 0.717) is 5.13 Å². The van der Waals surface area contributed by atoms with E-state index < -0.39 is 0 Å². The number of benzene rings is 2. The van der Waals surface area contributed by atoms with Crippen molar-refractivity contribution < 1.29 is 4.79 Å². The van der Waals surface area contributed by atoms with Crippen molar-refractivity contribution >= 4 is 59.9 Å². The molecule has 23 heavy (non-hydrogen) atoms. The second-order valence-corrected chi connectivity index (χ2v) is 7.52. The molecule has 0 spiro atoms. The highest BCUT2D eigenvalue weighted by molar-refractivity contribution is 9.10. The molecule has 0 fully saturated rings. The summed E-state index contributed by atoms with van der Waals surface area (Å²) in [6.45, 7) is 1.54. The summed E-state index contributed by atoms with van der Waals surface area (Å²) in [5.74, 6) is -0.0657. The number of anilines is 2. The zero-order valence-electron chi connectivity index (χ0n) is 12.2. The van der Waals surface area contributed by atoms with Crippen LogP contribution in [0.4, 0.5) is 10.8 Å². The zero-order valence-corrected chi connectivity index (χ0v) is 16.2. The van der Waals surface area contributed by atoms with Crippen LogP contribution in [0.5, 0.6) is 0 Å². The van der Waals surface area contributed by atoms with Crippen molar-refractivity contribution in [2.45, 2.75) is 6.92 Å². The van der Waals surface area contributed by atoms with Gasteiger partial charge in [0.15, 0.2) is 5.13 Å². The minimum absolute atomic E-state index is 0.0657. The van der Waals surface area contributed by atoms with Gasteiger partial charge in [-0.1, -0.05) is 44.0 Å². The van der Waals surface area contributed by atoms with Crippen LogP contribution in [-0.2, 0) is 4.79 Å². The maximum Gasteiger partial charge on any atom is 0.230 e. The number of hydrogen-bond donors (Lipinski definition) is 0. The molecule has 3 aromatic rings. The Morgan fingerprint density at radius 3 is 2.13 bits per heavy atom. The van der Waals surface area contributed by atoms with Crippen LogP contribution < -0.4 is 4.90 Å². The maximum absolute atomic E-state index is 12.1. The minimum atomic E-state index is -0.0657. The van der Waals surface area contributed by atoms with E-state index in [-0.39, 0.29) is 5.91 Å². The van der Waals surface area contributed by atoms with Gasteiger partial charge in [-0.3, -0.25) is 9.69 Å². The Kier molecular flexibility index (Phi) is 4.94. The number of amides is 1. The number of thiazole rings is 1. The van der Waals surface area contributed by atoms with Crippen LogP contribution in [0.3, 0.4) is 0 Å². The van der Waals surface area contributed by atoms with Gasteiger partial charge in [-0.15, -0.1) is 11.3 Å². The molecule has 1 amide bonds. The Morgan fingerprint density at radius 1 is 1.00 bits per heavy atom. The highest BCUT2D eigenvalue weighted by atomic mass is 79.9. The molecule has 0 aliphatic heterocycles. The molecule has 0 radical (unpaired) electrons. The van der Waals surface area contributed by atoms with Gasteiger partial charge in [0.05, 0.1) is 11.4 Å². The topological polar surface area (TPSA) is 33.2 Å². The Balaban J connectivity index is 1.97. The van der Waals surface area contributed by atoms with Gasteiger partial charge in [-0.25, -0.2) is 4.98 Å². The first kappa shape index (κ1) is 16.4. The smallest absolute Gasteiger partial charge is 0.230 e. The van der Waals surface area contributed by atoms with Crippen molar-refractivity contribution in [1.82, 2.24) is 4.98 Å². The SMILES string of the molecule is CC(=O)N(c1ccc(Br)cc1)c1nc(-c2ccc(Br)cc2)cs1. The molecule has 0 saturated heterocycles. The summed E-state index contributed by atoms with van der Waals surface area (Å²) in [5.41, 5.74) is 2.69. The van der Waals surface area contributed by atoms with Crippen LogP contribution in [0.1, 0.15) is 6.92 Å². The van der Waals surface area contributed by atoms with Crippen LogP contribution in [0.2, 0.25) is 0 Å². The third-order valence-electron chi connectivity index (χ3n) is 3.22. The summed E-state index contributed by atoms with van der Waals surface area (Å²) in [5, 5.41) is 2.63. The molecule has 0 unspecified atom stereocenters. The molecule has 6 heteroatoms. The van der Waals surface area contributed by atoms with E-state index in [0.717, 1.165) is 25.9 Å². The minimum Gasteiger partial charge on any atom is -0.274 e. The highest BCUT2D eigenvalue weighted by Crippen LogP contribution is 2.33. The molecule has 0 aliphatic carbocycles. The molecule has 1 heterocycles. The van der Waals surface area contributed by atoms with Gasteiger partial charge >= 0.3 is 0 Å². The number of halogens is 2. The molecule has 3 nitrogen and oxygen atoms in total. The summed E-state index contributed by atoms with van der Waals surface area (Å²) < 4.78 is 2.00. The Hall–Kier alpha value is -1.50. The van der Waals surface area contributed by atoms with Crippen LogP contribution in [0, 0.1) is 0 Å². The molecule has 0 saturated carbocycles. The predicted octanol–water partition coefficient (Wildman–Crippen LogP) is 6.02. The van der Waals surface area contributed by atoms with Crippen molar-refractivity contribution in [3.63, 3.8) is 0 Å². The number of carbonyl (C=O) groups excluding carboxylic acids is 1. The fourth-order valence-corrected chi connectivity index (χ4v) is 3.56. The fraction of sp³-hybridized carbons (Fsp3) is 0.0588. The average Bonchev–Trinajstić information content (AvgIpc) is 2.99. The van der Waals surface area contributed by atoms with Crippen molar-refractivity contribution in [2.24, 2.45) is 0 Å². The van der Waals surface area contributed by atoms with E-state index in [1.807, 2.05) is 53.9 Å². The van der Waals surface area contributed by atoms with Gasteiger partial charge in [-0.2, -0.15) is 0 Å². The van der Waals surface area contributed by atoms with E-state index in [1.165, 1.54) is 11.3 Å². The lowest BCUT2D eigenvalue weighted by Gasteiger charge is -2.17. The molecular weight excluding hydrogens is 440 g/mol. The van der Waals surface area contributed by atoms with Crippen LogP contribution in [-0.4, -0.2) is 10.9 Å². The summed E-state index contributed by atoms with van der Waals surface area (Å²) >= 11 is 8.29. The Bertz CT molecular complexity index is 829. The Morgan fingerprint density at radius 2 is 1.57 bits per heavy atom. The number of rotatable bonds is 3. The van der Waals surface area contributed by atoms with Crippen LogP contribution >= 0.6 is 43.2 Å². The second kappa shape index (κ2) is 6.95. The van der Waals surface area contributed by atoms with Crippen molar-refractivity contribution in [3.8, 4) is 11.3 Å². The average molecular weight is 452 g/mol. The quantitative estimate of drug-likeness (QED) is 0.487. The number of nitrogens with zero attached hydrogens (tertiary/aromatic N) is 2. The summed E-state index contributed by atoms with van der Waals surface area (Å²) in [7, 11) is 0. The standard InChI is InChI=1S/C17H12Br2N2OS/c1-11(22)21(15-8-6-14(19)7-9-15)17-20-16(10-23-17)12-2-4-13(18)5-3-12/h2-10H,1H3. The largest absolute Gasteiger partial charge is 0.274 e. The molecule has 2 aromatic carbocycles. The van der Waals surface area contributed by atoms with Gasteiger partial charge in [0.1, 0.15) is 0 Å². The molecule has 0 N–H and O–H groups in total. The van der Waals surface area contributed by atoms with Crippen LogP contribution in [0.15, 0.2) is 62.9 Å². The Labute approximate surface area is 155 Å². The lowest BCUT2D eigenvalue weighted by molar-refractivity contribution is -0.115. The fourth-order valence-electron chi connectivity index (χ4n) is 2.14. The second-order valence-electron chi connectivity index (χ2n) is 4.85. The monoisotopic (exact) mass is 450 g/mol. The predicted molar refractivity (Wildman–Crippen MR) is 102 cm³/mol. The van der Waals surface area contributed by atoms with E-state index in [9.17, 15) is 4.79 Å². The summed E-state index contributed by atoms with van der Waals surface area (Å²) in [6.07, 6.45) is 0. The first-order valence-corrected chi connectivity index (χ1v) is 9.29. The van der Waals surface area contributed by atoms with Gasteiger partial charge in [0, 0.05) is 26.8 Å². The molecular formula is C17H12Br2N2OS. The third kappa shape index (κ3) is 3.71. The normalized spacial score (nSPS) is 10.6. The molecule has 0 bridgehead atoms. The maximum atomic E-state index is 12.1. The van der Waals surface area contributed by atoms with Gasteiger partial charge in [0.2, 0.25) is 5.91 Å². The van der Waals surface area contributed by atoms with Gasteiger partial charge in [0.25, 0.3) is 0 Å². The third-order valence-corrected chi connectivity index (χ3v) is 5.11. The first-order valence-electron chi connectivity index (χ1n) is 6.82. The van der Waals surface area contributed by atoms with Crippen LogP contribution in [0.25, 0.3) is 11.3 Å². The molecule has 116 valence electrons. The van der Waals surface area contributed by atoms with Crippen molar-refractivity contribution in [1.29, 1.82) is 0 Å². The van der Waals surface area contributed by atoms with Crippen molar-refractivity contribution in [3.05, 3.63) is 62.9 Å². The highest BCUT2D eigenvalue weighted by Gasteiger charge is 2.18. The van der Waals surface area contributed by atoms with E-state index >= 15 is 0 Å². The van der Waals surface area contributed by atoms with E-state index in [4.69, 9.17) is 0 Å². The molecule has 0 atom stereocenters. The van der Waals surface area contributed by atoms with E-state index in [1.54, 1.807) is 11.8 Å². The number of carbonyl (C=O) groups is 1. The molecule has 0 aliphatic rings. The molecule has 3 rings (SSSR count). The van der Waals surface area contributed by atoms with Gasteiger partial charge < -0.3 is 0 Å². The number of hydrogen-bond acceptors (Lipinski definition) is 3. The lowest BCUT2D eigenvalue weighted by atomic mass is 10.2. The van der Waals surface area contributed by atoms with E-state index in [2.05, 4.69) is 36.8 Å². The number of aromatic nitrogens is 1. The summed E-state index contributed by atoms with van der Waals surface area (Å²) in [4.78, 5) is 18.3. The zero-order chi connectivity index (χ0) is 16.4. The molecule has 1 aromatic heterocycles. The lowest BCUT2D eigenvalue weighted by Crippen LogP contribution is -2.22. The van der Waals surface area contributed by atoms with Crippen molar-refractivity contribution in [2.75, 3.05) is 4.90 Å². The van der Waals surface area contributed by atoms with Gasteiger partial charge in [-0.05, 0) is 36.4 Å². The summed E-state index contributed by atoms with van der Waals surface area (Å²) in [6, 6.07) is 15.6.